The van der Waals surface area contributed by atoms with Crippen LogP contribution in [-0.2, 0) is 7.05 Å². The minimum atomic E-state index is 0.189. The molecular weight excluding hydrogens is 200 g/mol. The van der Waals surface area contributed by atoms with Crippen LogP contribution in [-0.4, -0.2) is 14.5 Å². The number of hydrogen-bond donors (Lipinski definition) is 1. The summed E-state index contributed by atoms with van der Waals surface area (Å²) in [7, 11) is 1.93. The summed E-state index contributed by atoms with van der Waals surface area (Å²) in [5.41, 5.74) is 7.19. The average molecular weight is 209 g/mol. The standard InChI is InChI=1S/C9H9ClN4/c1-14-4-2-3-7(14)6-5-8(10)13-9(11)12-6/h2-5H,1H3,(H2,11,12,13). The normalized spacial score (nSPS) is 10.4. The molecule has 0 radical (unpaired) electrons. The molecule has 0 spiro atoms. The first-order valence-electron chi connectivity index (χ1n) is 4.08. The molecule has 2 N–H and O–H groups in total. The lowest BCUT2D eigenvalue weighted by molar-refractivity contribution is 0.929. The second-order valence-corrected chi connectivity index (χ2v) is 3.33. The van der Waals surface area contributed by atoms with Gasteiger partial charge in [-0.15, -0.1) is 0 Å². The van der Waals surface area contributed by atoms with Gasteiger partial charge in [-0.05, 0) is 12.1 Å². The van der Waals surface area contributed by atoms with Gasteiger partial charge in [-0.25, -0.2) is 9.97 Å². The van der Waals surface area contributed by atoms with Crippen molar-refractivity contribution in [3.8, 4) is 11.4 Å². The van der Waals surface area contributed by atoms with Crippen molar-refractivity contribution in [2.45, 2.75) is 0 Å². The molecule has 0 saturated heterocycles. The lowest BCUT2D eigenvalue weighted by Gasteiger charge is -2.03. The van der Waals surface area contributed by atoms with Gasteiger partial charge in [-0.3, -0.25) is 0 Å². The Balaban J connectivity index is 2.57. The summed E-state index contributed by atoms with van der Waals surface area (Å²) in [6.45, 7) is 0. The molecule has 0 aliphatic carbocycles. The molecule has 0 atom stereocenters. The topological polar surface area (TPSA) is 56.7 Å². The van der Waals surface area contributed by atoms with E-state index in [1.165, 1.54) is 0 Å². The van der Waals surface area contributed by atoms with Crippen LogP contribution >= 0.6 is 11.6 Å². The smallest absolute Gasteiger partial charge is 0.222 e. The van der Waals surface area contributed by atoms with Crippen molar-refractivity contribution in [3.63, 3.8) is 0 Å². The highest BCUT2D eigenvalue weighted by Gasteiger charge is 2.05. The van der Waals surface area contributed by atoms with Crippen LogP contribution in [0.15, 0.2) is 24.4 Å². The van der Waals surface area contributed by atoms with Gasteiger partial charge in [0.1, 0.15) is 5.15 Å². The van der Waals surface area contributed by atoms with Crippen LogP contribution in [0, 0.1) is 0 Å². The van der Waals surface area contributed by atoms with Crippen LogP contribution in [0.4, 0.5) is 5.95 Å². The lowest BCUT2D eigenvalue weighted by Crippen LogP contribution is -1.98. The fourth-order valence-corrected chi connectivity index (χ4v) is 1.48. The Labute approximate surface area is 86.4 Å². The first-order valence-corrected chi connectivity index (χ1v) is 4.46. The maximum Gasteiger partial charge on any atom is 0.222 e. The zero-order valence-corrected chi connectivity index (χ0v) is 8.36. The van der Waals surface area contributed by atoms with Crippen LogP contribution in [0.3, 0.4) is 0 Å². The van der Waals surface area contributed by atoms with E-state index in [2.05, 4.69) is 9.97 Å². The Morgan fingerprint density at radius 3 is 2.79 bits per heavy atom. The molecule has 0 amide bonds. The van der Waals surface area contributed by atoms with E-state index in [0.29, 0.717) is 5.15 Å². The van der Waals surface area contributed by atoms with Gasteiger partial charge in [-0.1, -0.05) is 11.6 Å². The SMILES string of the molecule is Cn1cccc1-c1cc(Cl)nc(N)n1. The van der Waals surface area contributed by atoms with E-state index in [1.807, 2.05) is 29.9 Å². The van der Waals surface area contributed by atoms with E-state index in [9.17, 15) is 0 Å². The average Bonchev–Trinajstić information content (AvgIpc) is 2.49. The van der Waals surface area contributed by atoms with Gasteiger partial charge in [0.15, 0.2) is 0 Å². The van der Waals surface area contributed by atoms with E-state index in [1.54, 1.807) is 6.07 Å². The number of aryl methyl sites for hydroxylation is 1. The highest BCUT2D eigenvalue weighted by Crippen LogP contribution is 2.20. The maximum atomic E-state index is 5.78. The molecule has 2 rings (SSSR count). The fourth-order valence-electron chi connectivity index (χ4n) is 1.29. The molecule has 72 valence electrons. The lowest BCUT2D eigenvalue weighted by atomic mass is 10.3. The Kier molecular flexibility index (Phi) is 2.13. The minimum absolute atomic E-state index is 0.189. The molecule has 2 aromatic rings. The van der Waals surface area contributed by atoms with Crippen molar-refractivity contribution < 1.29 is 0 Å². The van der Waals surface area contributed by atoms with Crippen LogP contribution in [0.5, 0.6) is 0 Å². The number of aromatic nitrogens is 3. The maximum absolute atomic E-state index is 5.78. The van der Waals surface area contributed by atoms with Crippen molar-refractivity contribution in [2.75, 3.05) is 5.73 Å². The third-order valence-corrected chi connectivity index (χ3v) is 2.11. The first-order chi connectivity index (χ1) is 6.66. The molecule has 0 fully saturated rings. The predicted octanol–water partition coefficient (Wildman–Crippen LogP) is 1.72. The van der Waals surface area contributed by atoms with Gasteiger partial charge in [0, 0.05) is 19.3 Å². The van der Waals surface area contributed by atoms with Crippen LogP contribution < -0.4 is 5.73 Å². The number of nitrogens with zero attached hydrogens (tertiary/aromatic N) is 3. The third kappa shape index (κ3) is 1.56. The number of nitrogens with two attached hydrogens (primary N) is 1. The van der Waals surface area contributed by atoms with E-state index < -0.39 is 0 Å². The van der Waals surface area contributed by atoms with Gasteiger partial charge >= 0.3 is 0 Å². The predicted molar refractivity (Wildman–Crippen MR) is 55.9 cm³/mol. The molecule has 0 saturated carbocycles. The van der Waals surface area contributed by atoms with E-state index in [-0.39, 0.29) is 5.95 Å². The number of rotatable bonds is 1. The number of hydrogen-bond acceptors (Lipinski definition) is 3. The molecule has 0 aliphatic rings. The summed E-state index contributed by atoms with van der Waals surface area (Å²) >= 11 is 5.78. The molecule has 2 aromatic heterocycles. The molecule has 0 bridgehead atoms. The van der Waals surface area contributed by atoms with Crippen molar-refractivity contribution in [1.29, 1.82) is 0 Å². The van der Waals surface area contributed by atoms with Gasteiger partial charge in [0.2, 0.25) is 5.95 Å². The fraction of sp³-hybridized carbons (Fsp3) is 0.111. The highest BCUT2D eigenvalue weighted by atomic mass is 35.5. The molecule has 2 heterocycles. The molecule has 0 aromatic carbocycles. The van der Waals surface area contributed by atoms with E-state index in [0.717, 1.165) is 11.4 Å². The Morgan fingerprint density at radius 1 is 1.43 bits per heavy atom. The molecule has 14 heavy (non-hydrogen) atoms. The largest absolute Gasteiger partial charge is 0.368 e. The van der Waals surface area contributed by atoms with Crippen LogP contribution in [0.2, 0.25) is 5.15 Å². The summed E-state index contributed by atoms with van der Waals surface area (Å²) in [4.78, 5) is 7.90. The highest BCUT2D eigenvalue weighted by molar-refractivity contribution is 6.29. The second kappa shape index (κ2) is 3.31. The van der Waals surface area contributed by atoms with Gasteiger partial charge in [0.05, 0.1) is 11.4 Å². The van der Waals surface area contributed by atoms with E-state index in [4.69, 9.17) is 17.3 Å². The number of nitrogen functional groups attached to an aromatic ring is 1. The van der Waals surface area contributed by atoms with Gasteiger partial charge < -0.3 is 10.3 Å². The van der Waals surface area contributed by atoms with Crippen LogP contribution in [0.1, 0.15) is 0 Å². The molecule has 0 aliphatic heterocycles. The molecule has 0 unspecified atom stereocenters. The Hall–Kier alpha value is -1.55. The number of anilines is 1. The van der Waals surface area contributed by atoms with Crippen LogP contribution in [0.25, 0.3) is 11.4 Å². The van der Waals surface area contributed by atoms with Crippen molar-refractivity contribution in [3.05, 3.63) is 29.5 Å². The Morgan fingerprint density at radius 2 is 2.21 bits per heavy atom. The monoisotopic (exact) mass is 208 g/mol. The molecule has 4 nitrogen and oxygen atoms in total. The van der Waals surface area contributed by atoms with Crippen molar-refractivity contribution in [2.24, 2.45) is 7.05 Å². The van der Waals surface area contributed by atoms with Gasteiger partial charge in [0.25, 0.3) is 0 Å². The molecule has 5 heteroatoms. The zero-order valence-electron chi connectivity index (χ0n) is 7.61. The minimum Gasteiger partial charge on any atom is -0.368 e. The summed E-state index contributed by atoms with van der Waals surface area (Å²) in [5, 5.41) is 0.355. The summed E-state index contributed by atoms with van der Waals surface area (Å²) in [6, 6.07) is 5.56. The second-order valence-electron chi connectivity index (χ2n) is 2.94. The Bertz CT molecular complexity index is 443. The summed E-state index contributed by atoms with van der Waals surface area (Å²) in [5.74, 6) is 0.189. The number of halogens is 1. The summed E-state index contributed by atoms with van der Waals surface area (Å²) in [6.07, 6.45) is 1.93. The van der Waals surface area contributed by atoms with Crippen molar-refractivity contribution in [1.82, 2.24) is 14.5 Å². The quantitative estimate of drug-likeness (QED) is 0.726. The van der Waals surface area contributed by atoms with Gasteiger partial charge in [-0.2, -0.15) is 0 Å². The van der Waals surface area contributed by atoms with E-state index >= 15 is 0 Å². The van der Waals surface area contributed by atoms with Crippen molar-refractivity contribution >= 4 is 17.5 Å². The third-order valence-electron chi connectivity index (χ3n) is 1.92. The summed E-state index contributed by atoms with van der Waals surface area (Å²) < 4.78 is 1.94. The molecular formula is C9H9ClN4. The zero-order chi connectivity index (χ0) is 10.1. The first kappa shape index (κ1) is 9.02.